The van der Waals surface area contributed by atoms with Gasteiger partial charge in [0.05, 0.1) is 0 Å². The Balaban J connectivity index is 1.58. The first-order valence-electron chi connectivity index (χ1n) is 7.08. The van der Waals surface area contributed by atoms with Crippen LogP contribution < -0.4 is 0 Å². The third kappa shape index (κ3) is 1.90. The van der Waals surface area contributed by atoms with Crippen molar-refractivity contribution in [3.05, 3.63) is 0 Å². The second-order valence-electron chi connectivity index (χ2n) is 6.42. The number of alkyl halides is 1. The second kappa shape index (κ2) is 4.49. The van der Waals surface area contributed by atoms with Crippen LogP contribution >= 0.6 is 11.6 Å². The minimum Gasteiger partial charge on any atom is -0.299 e. The molecule has 0 amide bonds. The molecule has 2 saturated carbocycles. The largest absolute Gasteiger partial charge is 0.299 e. The van der Waals surface area contributed by atoms with Crippen molar-refractivity contribution in [2.24, 2.45) is 23.7 Å². The lowest BCUT2D eigenvalue weighted by Gasteiger charge is -2.31. The minimum atomic E-state index is 0.667. The summed E-state index contributed by atoms with van der Waals surface area (Å²) in [6.45, 7) is 5.02. The molecule has 1 heterocycles. The molecule has 3 aliphatic rings. The van der Waals surface area contributed by atoms with Gasteiger partial charge in [-0.05, 0) is 55.9 Å². The van der Waals surface area contributed by atoms with Gasteiger partial charge in [-0.1, -0.05) is 13.3 Å². The predicted octanol–water partition coefficient (Wildman–Crippen LogP) is 3.37. The van der Waals surface area contributed by atoms with E-state index in [1.165, 1.54) is 38.8 Å². The lowest BCUT2D eigenvalue weighted by Crippen LogP contribution is -2.38. The van der Waals surface area contributed by atoms with Crippen LogP contribution in [0.2, 0.25) is 0 Å². The zero-order valence-corrected chi connectivity index (χ0v) is 11.1. The number of halogens is 1. The van der Waals surface area contributed by atoms with E-state index in [-0.39, 0.29) is 0 Å². The van der Waals surface area contributed by atoms with Gasteiger partial charge < -0.3 is 0 Å². The summed E-state index contributed by atoms with van der Waals surface area (Å²) < 4.78 is 0. The first-order chi connectivity index (χ1) is 7.78. The number of rotatable bonds is 3. The highest BCUT2D eigenvalue weighted by Crippen LogP contribution is 2.49. The van der Waals surface area contributed by atoms with Gasteiger partial charge in [-0.25, -0.2) is 0 Å². The lowest BCUT2D eigenvalue weighted by molar-refractivity contribution is 0.176. The van der Waals surface area contributed by atoms with E-state index in [1.807, 2.05) is 0 Å². The first kappa shape index (κ1) is 11.3. The van der Waals surface area contributed by atoms with Crippen LogP contribution in [-0.2, 0) is 0 Å². The Morgan fingerprint density at radius 1 is 1.19 bits per heavy atom. The highest BCUT2D eigenvalue weighted by molar-refractivity contribution is 6.18. The molecule has 3 rings (SSSR count). The van der Waals surface area contributed by atoms with Gasteiger partial charge in [-0.3, -0.25) is 4.90 Å². The molecule has 0 N–H and O–H groups in total. The van der Waals surface area contributed by atoms with E-state index in [4.69, 9.17) is 11.6 Å². The number of likely N-dealkylation sites (tertiary alicyclic amines) is 1. The Bertz CT molecular complexity index is 255. The molecular weight excluding hydrogens is 218 g/mol. The molecule has 16 heavy (non-hydrogen) atoms. The van der Waals surface area contributed by atoms with Crippen LogP contribution in [0.3, 0.4) is 0 Å². The maximum Gasteiger partial charge on any atom is 0.0382 e. The summed E-state index contributed by atoms with van der Waals surface area (Å²) in [4.78, 5) is 2.70. The second-order valence-corrected chi connectivity index (χ2v) is 6.73. The lowest BCUT2D eigenvalue weighted by atomic mass is 9.88. The maximum absolute atomic E-state index is 6.12. The Hall–Kier alpha value is 0.250. The molecule has 0 radical (unpaired) electrons. The number of hydrogen-bond acceptors (Lipinski definition) is 1. The summed E-state index contributed by atoms with van der Waals surface area (Å²) in [7, 11) is 0. The van der Waals surface area contributed by atoms with Gasteiger partial charge in [0.25, 0.3) is 0 Å². The molecular formula is C14H24ClN. The van der Waals surface area contributed by atoms with Gasteiger partial charge in [-0.2, -0.15) is 0 Å². The van der Waals surface area contributed by atoms with E-state index in [9.17, 15) is 0 Å². The van der Waals surface area contributed by atoms with Gasteiger partial charge >= 0.3 is 0 Å². The molecule has 1 nitrogen and oxygen atoms in total. The summed E-state index contributed by atoms with van der Waals surface area (Å²) in [6.07, 6.45) is 7.46. The average molecular weight is 242 g/mol. The van der Waals surface area contributed by atoms with Crippen molar-refractivity contribution in [1.29, 1.82) is 0 Å². The minimum absolute atomic E-state index is 0.667. The molecule has 2 aliphatic carbocycles. The van der Waals surface area contributed by atoms with Crippen LogP contribution in [0.5, 0.6) is 0 Å². The smallest absolute Gasteiger partial charge is 0.0382 e. The van der Waals surface area contributed by atoms with Crippen molar-refractivity contribution in [3.63, 3.8) is 0 Å². The molecule has 1 saturated heterocycles. The molecule has 0 spiro atoms. The van der Waals surface area contributed by atoms with Gasteiger partial charge in [0.1, 0.15) is 0 Å². The molecule has 92 valence electrons. The van der Waals surface area contributed by atoms with Gasteiger partial charge in [0.15, 0.2) is 0 Å². The van der Waals surface area contributed by atoms with E-state index < -0.39 is 0 Å². The Kier molecular flexibility index (Phi) is 3.19. The molecule has 5 unspecified atom stereocenters. The van der Waals surface area contributed by atoms with Crippen molar-refractivity contribution in [2.75, 3.05) is 19.0 Å². The summed E-state index contributed by atoms with van der Waals surface area (Å²) in [6, 6.07) is 0.667. The highest BCUT2D eigenvalue weighted by Gasteiger charge is 2.41. The van der Waals surface area contributed by atoms with E-state index in [0.29, 0.717) is 6.04 Å². The Morgan fingerprint density at radius 3 is 2.69 bits per heavy atom. The molecule has 0 aromatic heterocycles. The number of fused-ring (bicyclic) bond motifs is 2. The Labute approximate surface area is 105 Å². The van der Waals surface area contributed by atoms with Crippen LogP contribution in [0.15, 0.2) is 0 Å². The van der Waals surface area contributed by atoms with Crippen LogP contribution in [-0.4, -0.2) is 29.9 Å². The fourth-order valence-electron chi connectivity index (χ4n) is 4.47. The first-order valence-corrected chi connectivity index (χ1v) is 7.61. The number of hydrogen-bond donors (Lipinski definition) is 0. The molecule has 2 heteroatoms. The summed E-state index contributed by atoms with van der Waals surface area (Å²) >= 11 is 6.12. The highest BCUT2D eigenvalue weighted by atomic mass is 35.5. The van der Waals surface area contributed by atoms with E-state index in [2.05, 4.69) is 11.8 Å². The van der Waals surface area contributed by atoms with Crippen LogP contribution in [0.25, 0.3) is 0 Å². The molecule has 5 atom stereocenters. The number of nitrogens with zero attached hydrogens (tertiary/aromatic N) is 1. The molecule has 3 fully saturated rings. The van der Waals surface area contributed by atoms with Crippen LogP contribution in [0.1, 0.15) is 39.0 Å². The quantitative estimate of drug-likeness (QED) is 0.685. The van der Waals surface area contributed by atoms with E-state index in [1.54, 1.807) is 6.42 Å². The predicted molar refractivity (Wildman–Crippen MR) is 68.8 cm³/mol. The normalized spacial score (nSPS) is 48.0. The third-order valence-electron chi connectivity index (χ3n) is 5.51. The zero-order chi connectivity index (χ0) is 11.1. The van der Waals surface area contributed by atoms with Gasteiger partial charge in [0, 0.05) is 18.5 Å². The standard InChI is InChI=1S/C14H24ClN/c1-10-4-5-16(14(10)8-15)9-13-7-11-2-3-12(13)6-11/h10-14H,2-9H2,1H3. The van der Waals surface area contributed by atoms with Crippen molar-refractivity contribution in [3.8, 4) is 0 Å². The Morgan fingerprint density at radius 2 is 2.06 bits per heavy atom. The average Bonchev–Trinajstić information content (AvgIpc) is 2.94. The summed E-state index contributed by atoms with van der Waals surface area (Å²) in [5, 5.41) is 0. The summed E-state index contributed by atoms with van der Waals surface area (Å²) in [5.74, 6) is 4.81. The monoisotopic (exact) mass is 241 g/mol. The molecule has 2 bridgehead atoms. The van der Waals surface area contributed by atoms with Crippen molar-refractivity contribution in [2.45, 2.75) is 45.1 Å². The van der Waals surface area contributed by atoms with E-state index >= 15 is 0 Å². The van der Waals surface area contributed by atoms with Crippen molar-refractivity contribution < 1.29 is 0 Å². The topological polar surface area (TPSA) is 3.24 Å². The third-order valence-corrected chi connectivity index (χ3v) is 5.83. The van der Waals surface area contributed by atoms with Gasteiger partial charge in [-0.15, -0.1) is 11.6 Å². The zero-order valence-electron chi connectivity index (χ0n) is 10.4. The molecule has 1 aliphatic heterocycles. The van der Waals surface area contributed by atoms with Gasteiger partial charge in [0.2, 0.25) is 0 Å². The van der Waals surface area contributed by atoms with Crippen molar-refractivity contribution in [1.82, 2.24) is 4.90 Å². The van der Waals surface area contributed by atoms with Crippen LogP contribution in [0.4, 0.5) is 0 Å². The summed E-state index contributed by atoms with van der Waals surface area (Å²) in [5.41, 5.74) is 0. The van der Waals surface area contributed by atoms with Crippen molar-refractivity contribution >= 4 is 11.6 Å². The maximum atomic E-state index is 6.12. The molecule has 0 aromatic carbocycles. The van der Waals surface area contributed by atoms with E-state index in [0.717, 1.165) is 29.6 Å². The SMILES string of the molecule is CC1CCN(CC2CC3CCC2C3)C1CCl. The molecule has 0 aromatic rings. The fourth-order valence-corrected chi connectivity index (χ4v) is 4.96. The fraction of sp³-hybridized carbons (Fsp3) is 1.00. The van der Waals surface area contributed by atoms with Crippen LogP contribution in [0, 0.1) is 23.7 Å².